The van der Waals surface area contributed by atoms with E-state index in [2.05, 4.69) is 27.7 Å². The first-order chi connectivity index (χ1) is 30.7. The zero-order valence-corrected chi connectivity index (χ0v) is 45.6. The van der Waals surface area contributed by atoms with Gasteiger partial charge < -0.3 is 0 Å². The van der Waals surface area contributed by atoms with Gasteiger partial charge in [-0.1, -0.05) is 317 Å². The second-order valence-electron chi connectivity index (χ2n) is 21.6. The first-order valence-corrected chi connectivity index (χ1v) is 33.1. The van der Waals surface area contributed by atoms with Gasteiger partial charge >= 0.3 is 0 Å². The fourth-order valence-electron chi connectivity index (χ4n) is 10.7. The van der Waals surface area contributed by atoms with Crippen molar-refractivity contribution in [2.45, 2.75) is 368 Å². The summed E-state index contributed by atoms with van der Waals surface area (Å²) in [5, 5.41) is 0. The number of hydrogen-bond acceptors (Lipinski definition) is 0. The third-order valence-electron chi connectivity index (χ3n) is 15.2. The Bertz CT molecular complexity index is 675. The summed E-state index contributed by atoms with van der Waals surface area (Å²) in [6.45, 7) is 9.36. The van der Waals surface area contributed by atoms with E-state index in [1.165, 1.54) is 315 Å². The molecule has 0 aliphatic heterocycles. The zero-order chi connectivity index (χ0) is 44.8. The molecule has 0 bridgehead atoms. The molecule has 0 aromatic carbocycles. The molecule has 0 fully saturated rings. The smallest absolute Gasteiger partial charge is 0.0594 e. The van der Waals surface area contributed by atoms with Crippen LogP contribution in [-0.2, 0) is 0 Å². The van der Waals surface area contributed by atoms with Gasteiger partial charge in [-0.05, 0) is 51.4 Å². The molecule has 0 saturated carbocycles. The van der Waals surface area contributed by atoms with Gasteiger partial charge in [0, 0.05) is 7.26 Å². The summed E-state index contributed by atoms with van der Waals surface area (Å²) in [4.78, 5) is 0. The van der Waals surface area contributed by atoms with E-state index in [-0.39, 0.29) is 0 Å². The summed E-state index contributed by atoms with van der Waals surface area (Å²) in [6, 6.07) is 0. The maximum Gasteiger partial charge on any atom is 0.0594 e. The first-order valence-electron chi connectivity index (χ1n) is 30.6. The molecule has 0 rings (SSSR count). The van der Waals surface area contributed by atoms with Crippen LogP contribution in [0.3, 0.4) is 0 Å². The van der Waals surface area contributed by atoms with Gasteiger partial charge in [-0.2, -0.15) is 0 Å². The lowest BCUT2D eigenvalue weighted by Gasteiger charge is -2.28. The maximum absolute atomic E-state index is 2.36. The third kappa shape index (κ3) is 49.9. The lowest BCUT2D eigenvalue weighted by Crippen LogP contribution is -2.13. The number of rotatable bonds is 57. The highest BCUT2D eigenvalue weighted by Gasteiger charge is 2.35. The monoisotopic (exact) mass is 890 g/mol. The van der Waals surface area contributed by atoms with E-state index in [9.17, 15) is 0 Å². The fraction of sp³-hybridized carbons (Fsp3) is 1.00. The molecule has 0 aromatic rings. The van der Waals surface area contributed by atoms with Gasteiger partial charge in [-0.3, -0.25) is 0 Å². The minimum atomic E-state index is -0.822. The van der Waals surface area contributed by atoms with Crippen LogP contribution in [0.5, 0.6) is 0 Å². The molecule has 0 amide bonds. The topological polar surface area (TPSA) is 0 Å². The summed E-state index contributed by atoms with van der Waals surface area (Å²) >= 11 is 0. The highest BCUT2D eigenvalue weighted by atomic mass is 31.2. The van der Waals surface area contributed by atoms with Gasteiger partial charge in [0.1, 0.15) is 0 Å². The second kappa shape index (κ2) is 55.8. The van der Waals surface area contributed by atoms with Crippen LogP contribution in [0, 0.1) is 0 Å². The van der Waals surface area contributed by atoms with E-state index in [4.69, 9.17) is 0 Å². The summed E-state index contributed by atoms with van der Waals surface area (Å²) in [5.74, 6) is 0. The Morgan fingerprint density at radius 3 is 0.339 bits per heavy atom. The molecule has 1 heteroatoms. The van der Waals surface area contributed by atoms with Crippen LogP contribution in [0.1, 0.15) is 368 Å². The standard InChI is InChI=1S/C61H126P/c1-5-9-13-17-21-25-28-31-34-37-40-43-47-51-55-59-62(58-54-50-46-24-20-16-12-8-4,60-56-52-48-44-41-38-35-32-29-26-22-18-14-10-6-2)61-57-53-49-45-42-39-36-33-30-27-23-19-15-11-7-3/h5-61H2,1-4H3/q+1. The molecule has 62 heavy (non-hydrogen) atoms. The van der Waals surface area contributed by atoms with Gasteiger partial charge in [-0.15, -0.1) is 0 Å². The van der Waals surface area contributed by atoms with Crippen molar-refractivity contribution in [3.63, 3.8) is 0 Å². The van der Waals surface area contributed by atoms with Crippen molar-refractivity contribution >= 4 is 7.26 Å². The zero-order valence-electron chi connectivity index (χ0n) is 44.8. The van der Waals surface area contributed by atoms with E-state index in [0.29, 0.717) is 0 Å². The Hall–Kier alpha value is 0.430. The lowest BCUT2D eigenvalue weighted by molar-refractivity contribution is 0.533. The van der Waals surface area contributed by atoms with Crippen LogP contribution in [0.4, 0.5) is 0 Å². The quantitative estimate of drug-likeness (QED) is 0.0422. The van der Waals surface area contributed by atoms with Crippen LogP contribution in [0.25, 0.3) is 0 Å². The van der Waals surface area contributed by atoms with Gasteiger partial charge in [0.15, 0.2) is 0 Å². The van der Waals surface area contributed by atoms with Crippen molar-refractivity contribution in [3.05, 3.63) is 0 Å². The molecule has 0 unspecified atom stereocenters. The Morgan fingerprint density at radius 1 is 0.129 bits per heavy atom. The van der Waals surface area contributed by atoms with Gasteiger partial charge in [0.25, 0.3) is 0 Å². The van der Waals surface area contributed by atoms with Crippen LogP contribution >= 0.6 is 7.26 Å². The fourth-order valence-corrected chi connectivity index (χ4v) is 15.6. The molecule has 0 N–H and O–H groups in total. The highest BCUT2D eigenvalue weighted by molar-refractivity contribution is 7.75. The SMILES string of the molecule is CCCCCCCCCCCCCCCCC[P+](CCCCCCCCCC)(CCCCCCCCCCCCCCCCC)CCCCCCCCCCCCCCCCC. The Balaban J connectivity index is 4.81. The summed E-state index contributed by atoms with van der Waals surface area (Å²) in [6.07, 6.45) is 85.8. The molecule has 0 saturated heterocycles. The predicted molar refractivity (Wildman–Crippen MR) is 294 cm³/mol. The normalized spacial score (nSPS) is 12.0. The molecular formula is C61H126P+. The first kappa shape index (κ1) is 62.4. The molecule has 0 radical (unpaired) electrons. The average molecular weight is 891 g/mol. The molecule has 0 heterocycles. The number of unbranched alkanes of at least 4 members (excludes halogenated alkanes) is 49. The van der Waals surface area contributed by atoms with Gasteiger partial charge in [-0.25, -0.2) is 0 Å². The second-order valence-corrected chi connectivity index (χ2v) is 26.0. The summed E-state index contributed by atoms with van der Waals surface area (Å²) in [7, 11) is -0.822. The number of hydrogen-bond donors (Lipinski definition) is 0. The summed E-state index contributed by atoms with van der Waals surface area (Å²) in [5.41, 5.74) is 0. The third-order valence-corrected chi connectivity index (χ3v) is 20.3. The average Bonchev–Trinajstić information content (AvgIpc) is 3.28. The van der Waals surface area contributed by atoms with Gasteiger partial charge in [0.2, 0.25) is 0 Å². The van der Waals surface area contributed by atoms with Crippen LogP contribution in [0.2, 0.25) is 0 Å². The van der Waals surface area contributed by atoms with E-state index < -0.39 is 7.26 Å². The van der Waals surface area contributed by atoms with Crippen molar-refractivity contribution in [2.75, 3.05) is 24.6 Å². The minimum absolute atomic E-state index is 0.822. The van der Waals surface area contributed by atoms with E-state index >= 15 is 0 Å². The van der Waals surface area contributed by atoms with Crippen LogP contribution < -0.4 is 0 Å². The Labute approximate surface area is 398 Å². The van der Waals surface area contributed by atoms with Crippen LogP contribution in [0.15, 0.2) is 0 Å². The van der Waals surface area contributed by atoms with Crippen molar-refractivity contribution in [3.8, 4) is 0 Å². The molecule has 0 spiro atoms. The largest absolute Gasteiger partial charge is 0.0654 e. The molecule has 0 atom stereocenters. The van der Waals surface area contributed by atoms with E-state index in [0.717, 1.165) is 0 Å². The van der Waals surface area contributed by atoms with E-state index in [1.54, 1.807) is 50.3 Å². The van der Waals surface area contributed by atoms with E-state index in [1.807, 2.05) is 0 Å². The van der Waals surface area contributed by atoms with Crippen molar-refractivity contribution in [1.82, 2.24) is 0 Å². The maximum atomic E-state index is 2.36. The van der Waals surface area contributed by atoms with Crippen LogP contribution in [-0.4, -0.2) is 24.6 Å². The van der Waals surface area contributed by atoms with Crippen molar-refractivity contribution < 1.29 is 0 Å². The Kier molecular flexibility index (Phi) is 56.1. The molecule has 0 aliphatic carbocycles. The van der Waals surface area contributed by atoms with Crippen molar-refractivity contribution in [1.29, 1.82) is 0 Å². The predicted octanol–water partition coefficient (Wildman–Crippen LogP) is 23.8. The van der Waals surface area contributed by atoms with Gasteiger partial charge in [0.05, 0.1) is 24.6 Å². The molecule has 0 aromatic heterocycles. The Morgan fingerprint density at radius 2 is 0.226 bits per heavy atom. The molecule has 374 valence electrons. The molecular weight excluding hydrogens is 764 g/mol. The van der Waals surface area contributed by atoms with Crippen molar-refractivity contribution in [2.24, 2.45) is 0 Å². The minimum Gasteiger partial charge on any atom is -0.0654 e. The summed E-state index contributed by atoms with van der Waals surface area (Å²) < 4.78 is 0. The lowest BCUT2D eigenvalue weighted by atomic mass is 10.0. The molecule has 0 nitrogen and oxygen atoms in total. The highest BCUT2D eigenvalue weighted by Crippen LogP contribution is 2.61. The molecule has 0 aliphatic rings.